The predicted molar refractivity (Wildman–Crippen MR) is 91.5 cm³/mol. The van der Waals surface area contributed by atoms with Gasteiger partial charge in [0.15, 0.2) is 0 Å². The van der Waals surface area contributed by atoms with Gasteiger partial charge in [-0.2, -0.15) is 5.10 Å². The van der Waals surface area contributed by atoms with E-state index in [9.17, 15) is 14.9 Å². The van der Waals surface area contributed by atoms with Crippen molar-refractivity contribution < 1.29 is 9.72 Å². The van der Waals surface area contributed by atoms with Crippen molar-refractivity contribution >= 4 is 23.1 Å². The van der Waals surface area contributed by atoms with E-state index in [0.717, 1.165) is 12.8 Å². The molecule has 0 radical (unpaired) electrons. The van der Waals surface area contributed by atoms with Gasteiger partial charge in [0.2, 0.25) is 5.91 Å². The highest BCUT2D eigenvalue weighted by Crippen LogP contribution is 2.21. The third-order valence-electron chi connectivity index (χ3n) is 4.21. The Morgan fingerprint density at radius 2 is 2.16 bits per heavy atom. The summed E-state index contributed by atoms with van der Waals surface area (Å²) in [7, 11) is 0. The van der Waals surface area contributed by atoms with Crippen LogP contribution in [0.1, 0.15) is 31.2 Å². The normalized spacial score (nSPS) is 14.4. The quantitative estimate of drug-likeness (QED) is 0.614. The first-order valence-corrected chi connectivity index (χ1v) is 8.21. The Balaban J connectivity index is 1.58. The highest BCUT2D eigenvalue weighted by atomic mass is 16.6. The first-order valence-electron chi connectivity index (χ1n) is 8.21. The lowest BCUT2D eigenvalue weighted by Gasteiger charge is -2.11. The number of nitrogens with zero attached hydrogens (tertiary/aromatic N) is 4. The summed E-state index contributed by atoms with van der Waals surface area (Å²) >= 11 is 0. The zero-order valence-electron chi connectivity index (χ0n) is 13.9. The molecule has 0 saturated heterocycles. The second-order valence-electron chi connectivity index (χ2n) is 6.21. The Kier molecular flexibility index (Phi) is 4.92. The van der Waals surface area contributed by atoms with E-state index in [0.29, 0.717) is 17.1 Å². The van der Waals surface area contributed by atoms with E-state index in [1.165, 1.54) is 19.0 Å². The van der Waals surface area contributed by atoms with Crippen molar-refractivity contribution in [3.8, 4) is 0 Å². The van der Waals surface area contributed by atoms with Crippen LogP contribution in [-0.4, -0.2) is 31.6 Å². The maximum atomic E-state index is 12.0. The van der Waals surface area contributed by atoms with Crippen LogP contribution in [0.2, 0.25) is 0 Å². The molecule has 25 heavy (non-hydrogen) atoms. The molecule has 0 spiro atoms. The summed E-state index contributed by atoms with van der Waals surface area (Å²) in [6.07, 6.45) is 8.93. The molecule has 0 atom stereocenters. The smallest absolute Gasteiger partial charge is 0.290 e. The molecule has 132 valence electrons. The Bertz CT molecular complexity index is 782. The first kappa shape index (κ1) is 16.9. The lowest BCUT2D eigenvalue weighted by molar-refractivity contribution is -0.385. The standard InChI is InChI=1S/C16H20N6O3/c1-11-6-15(17-8-14(11)22(24)25)19-13-7-18-21(9-13)10-16(23)20-12-4-2-3-5-12/h6-9,12H,2-5,10H2,1H3,(H,17,19)(H,20,23). The van der Waals surface area contributed by atoms with Crippen molar-refractivity contribution in [3.05, 3.63) is 40.3 Å². The van der Waals surface area contributed by atoms with Gasteiger partial charge in [0.05, 0.1) is 16.8 Å². The minimum Gasteiger partial charge on any atom is -0.352 e. The van der Waals surface area contributed by atoms with Gasteiger partial charge in [-0.3, -0.25) is 19.6 Å². The zero-order valence-corrected chi connectivity index (χ0v) is 13.9. The van der Waals surface area contributed by atoms with Crippen molar-refractivity contribution in [2.24, 2.45) is 0 Å². The molecule has 3 rings (SSSR count). The van der Waals surface area contributed by atoms with Gasteiger partial charge in [0.1, 0.15) is 18.6 Å². The molecule has 0 aromatic carbocycles. The maximum absolute atomic E-state index is 12.0. The Morgan fingerprint density at radius 1 is 1.40 bits per heavy atom. The first-order chi connectivity index (χ1) is 12.0. The van der Waals surface area contributed by atoms with Crippen LogP contribution in [-0.2, 0) is 11.3 Å². The summed E-state index contributed by atoms with van der Waals surface area (Å²) in [6.45, 7) is 1.81. The molecule has 0 aliphatic heterocycles. The van der Waals surface area contributed by atoms with Crippen LogP contribution >= 0.6 is 0 Å². The van der Waals surface area contributed by atoms with Crippen molar-refractivity contribution in [2.75, 3.05) is 5.32 Å². The Morgan fingerprint density at radius 3 is 2.84 bits per heavy atom. The number of nitrogens with one attached hydrogen (secondary N) is 2. The molecule has 2 aromatic heterocycles. The highest BCUT2D eigenvalue weighted by molar-refractivity contribution is 5.76. The summed E-state index contributed by atoms with van der Waals surface area (Å²) < 4.78 is 1.55. The molecular weight excluding hydrogens is 324 g/mol. The van der Waals surface area contributed by atoms with Crippen LogP contribution in [0, 0.1) is 17.0 Å². The van der Waals surface area contributed by atoms with E-state index in [1.807, 2.05) is 0 Å². The van der Waals surface area contributed by atoms with E-state index in [2.05, 4.69) is 20.7 Å². The van der Waals surface area contributed by atoms with Crippen molar-refractivity contribution in [1.29, 1.82) is 0 Å². The van der Waals surface area contributed by atoms with Gasteiger partial charge < -0.3 is 10.6 Å². The number of carbonyl (C=O) groups is 1. The number of carbonyl (C=O) groups excluding carboxylic acids is 1. The van der Waals surface area contributed by atoms with Crippen LogP contribution in [0.15, 0.2) is 24.7 Å². The van der Waals surface area contributed by atoms with Crippen LogP contribution in [0.3, 0.4) is 0 Å². The molecule has 0 bridgehead atoms. The molecule has 1 amide bonds. The molecule has 1 aliphatic rings. The van der Waals surface area contributed by atoms with Gasteiger partial charge in [0, 0.05) is 17.8 Å². The van der Waals surface area contributed by atoms with E-state index >= 15 is 0 Å². The number of pyridine rings is 1. The number of hydrogen-bond donors (Lipinski definition) is 2. The van der Waals surface area contributed by atoms with Crippen LogP contribution in [0.5, 0.6) is 0 Å². The van der Waals surface area contributed by atoms with Gasteiger partial charge in [-0.05, 0) is 25.8 Å². The molecule has 1 aliphatic carbocycles. The highest BCUT2D eigenvalue weighted by Gasteiger charge is 2.17. The summed E-state index contributed by atoms with van der Waals surface area (Å²) in [4.78, 5) is 26.4. The summed E-state index contributed by atoms with van der Waals surface area (Å²) in [5, 5.41) is 21.0. The third-order valence-corrected chi connectivity index (χ3v) is 4.21. The average molecular weight is 344 g/mol. The maximum Gasteiger partial charge on any atom is 0.290 e. The number of nitro groups is 1. The molecule has 2 N–H and O–H groups in total. The number of anilines is 2. The average Bonchev–Trinajstić information content (AvgIpc) is 3.19. The fourth-order valence-corrected chi connectivity index (χ4v) is 2.96. The number of aryl methyl sites for hydroxylation is 1. The van der Waals surface area contributed by atoms with E-state index in [-0.39, 0.29) is 24.2 Å². The lowest BCUT2D eigenvalue weighted by Crippen LogP contribution is -2.35. The number of aromatic nitrogens is 3. The van der Waals surface area contributed by atoms with Crippen LogP contribution < -0.4 is 10.6 Å². The second kappa shape index (κ2) is 7.29. The molecule has 2 heterocycles. The molecule has 2 aromatic rings. The van der Waals surface area contributed by atoms with E-state index in [1.54, 1.807) is 30.1 Å². The second-order valence-corrected chi connectivity index (χ2v) is 6.21. The Labute approximate surface area is 144 Å². The number of rotatable bonds is 6. The molecule has 9 heteroatoms. The monoisotopic (exact) mass is 344 g/mol. The molecule has 9 nitrogen and oxygen atoms in total. The van der Waals surface area contributed by atoms with Gasteiger partial charge in [-0.1, -0.05) is 12.8 Å². The SMILES string of the molecule is Cc1cc(Nc2cnn(CC(=O)NC3CCCC3)c2)ncc1[N+](=O)[O-]. The van der Waals surface area contributed by atoms with Gasteiger partial charge in [-0.15, -0.1) is 0 Å². The number of hydrogen-bond acceptors (Lipinski definition) is 6. The fraction of sp³-hybridized carbons (Fsp3) is 0.438. The third kappa shape index (κ3) is 4.31. The molecule has 1 saturated carbocycles. The minimum atomic E-state index is -0.465. The summed E-state index contributed by atoms with van der Waals surface area (Å²) in [6, 6.07) is 1.88. The Hall–Kier alpha value is -2.97. The van der Waals surface area contributed by atoms with Gasteiger partial charge in [-0.25, -0.2) is 4.98 Å². The van der Waals surface area contributed by atoms with Gasteiger partial charge in [0.25, 0.3) is 5.69 Å². The van der Waals surface area contributed by atoms with Crippen molar-refractivity contribution in [2.45, 2.75) is 45.2 Å². The van der Waals surface area contributed by atoms with Crippen molar-refractivity contribution in [1.82, 2.24) is 20.1 Å². The number of amides is 1. The largest absolute Gasteiger partial charge is 0.352 e. The van der Waals surface area contributed by atoms with Crippen molar-refractivity contribution in [3.63, 3.8) is 0 Å². The van der Waals surface area contributed by atoms with Gasteiger partial charge >= 0.3 is 0 Å². The molecular formula is C16H20N6O3. The van der Waals surface area contributed by atoms with E-state index < -0.39 is 4.92 Å². The van der Waals surface area contributed by atoms with Crippen LogP contribution in [0.25, 0.3) is 0 Å². The zero-order chi connectivity index (χ0) is 17.8. The molecule has 0 unspecified atom stereocenters. The topological polar surface area (TPSA) is 115 Å². The summed E-state index contributed by atoms with van der Waals surface area (Å²) in [5.74, 6) is 0.434. The van der Waals surface area contributed by atoms with Crippen LogP contribution in [0.4, 0.5) is 17.2 Å². The lowest BCUT2D eigenvalue weighted by atomic mass is 10.2. The minimum absolute atomic E-state index is 0.0233. The summed E-state index contributed by atoms with van der Waals surface area (Å²) in [5.41, 5.74) is 1.16. The molecule has 1 fully saturated rings. The fourth-order valence-electron chi connectivity index (χ4n) is 2.96. The van der Waals surface area contributed by atoms with E-state index in [4.69, 9.17) is 0 Å². The predicted octanol–water partition coefficient (Wildman–Crippen LogP) is 2.30.